The molecule has 0 N–H and O–H groups in total. The van der Waals surface area contributed by atoms with Gasteiger partial charge in [0.25, 0.3) is 0 Å². The van der Waals surface area contributed by atoms with E-state index in [2.05, 4.69) is 125 Å². The van der Waals surface area contributed by atoms with Gasteiger partial charge in [-0.1, -0.05) is 79.8 Å². The van der Waals surface area contributed by atoms with Crippen molar-refractivity contribution >= 4 is 70.8 Å². The molecule has 7 aromatic rings. The Morgan fingerprint density at radius 1 is 0.596 bits per heavy atom. The Labute approximate surface area is 283 Å². The van der Waals surface area contributed by atoms with Crippen LogP contribution in [0.4, 0.5) is 17.1 Å². The van der Waals surface area contributed by atoms with Crippen LogP contribution in [0, 0.1) is 0 Å². The van der Waals surface area contributed by atoms with Crippen molar-refractivity contribution in [2.45, 2.75) is 13.1 Å². The highest BCUT2D eigenvalue weighted by molar-refractivity contribution is 7.13. The molecule has 0 saturated carbocycles. The molecular formula is C40H28BNO2S2Si. The Morgan fingerprint density at radius 3 is 1.85 bits per heavy atom. The van der Waals surface area contributed by atoms with E-state index in [-0.39, 0.29) is 0 Å². The molecule has 3 aliphatic heterocycles. The van der Waals surface area contributed by atoms with Crippen molar-refractivity contribution in [2.75, 3.05) is 4.90 Å². The normalized spacial score (nSPS) is 14.6. The predicted molar refractivity (Wildman–Crippen MR) is 202 cm³/mol. The van der Waals surface area contributed by atoms with Crippen LogP contribution in [0.5, 0.6) is 11.5 Å². The number of benzene rings is 5. The van der Waals surface area contributed by atoms with Gasteiger partial charge in [0, 0.05) is 38.5 Å². The van der Waals surface area contributed by atoms with Gasteiger partial charge < -0.3 is 14.2 Å². The van der Waals surface area contributed by atoms with E-state index < -0.39 is 15.2 Å². The Morgan fingerprint density at radius 2 is 1.23 bits per heavy atom. The molecule has 0 aliphatic carbocycles. The lowest BCUT2D eigenvalue weighted by atomic mass is 9.66. The summed E-state index contributed by atoms with van der Waals surface area (Å²) in [5, 5.41) is 9.50. The van der Waals surface area contributed by atoms with Crippen LogP contribution in [0.3, 0.4) is 0 Å². The number of para-hydroxylation sites is 2. The Balaban J connectivity index is 1.26. The van der Waals surface area contributed by atoms with Crippen molar-refractivity contribution in [1.82, 2.24) is 0 Å². The van der Waals surface area contributed by atoms with Gasteiger partial charge in [0.15, 0.2) is 0 Å². The summed E-state index contributed by atoms with van der Waals surface area (Å²) < 4.78 is 13.0. The van der Waals surface area contributed by atoms with Crippen LogP contribution in [0.2, 0.25) is 13.1 Å². The highest BCUT2D eigenvalue weighted by Gasteiger charge is 2.44. The average molecular weight is 658 g/mol. The van der Waals surface area contributed by atoms with Crippen molar-refractivity contribution in [1.29, 1.82) is 0 Å². The van der Waals surface area contributed by atoms with Crippen LogP contribution in [-0.2, 0) is 0 Å². The molecule has 2 aromatic heterocycles. The zero-order valence-corrected chi connectivity index (χ0v) is 28.5. The minimum Gasteiger partial charge on any atom is -0.521 e. The van der Waals surface area contributed by atoms with Gasteiger partial charge in [-0.05, 0) is 103 Å². The molecule has 0 spiro atoms. The van der Waals surface area contributed by atoms with Gasteiger partial charge in [-0.15, -0.1) is 11.3 Å². The quantitative estimate of drug-likeness (QED) is 0.177. The van der Waals surface area contributed by atoms with E-state index >= 15 is 0 Å². The zero-order chi connectivity index (χ0) is 31.3. The molecule has 7 heteroatoms. The fourth-order valence-corrected chi connectivity index (χ4v) is 12.0. The second-order valence-electron chi connectivity index (χ2n) is 12.9. The first-order valence-electron chi connectivity index (χ1n) is 15.9. The van der Waals surface area contributed by atoms with E-state index in [0.29, 0.717) is 0 Å². The molecule has 0 atom stereocenters. The third kappa shape index (κ3) is 4.03. The van der Waals surface area contributed by atoms with Gasteiger partial charge in [0.2, 0.25) is 0 Å². The summed E-state index contributed by atoms with van der Waals surface area (Å²) >= 11 is 3.55. The van der Waals surface area contributed by atoms with Crippen molar-refractivity contribution in [3.8, 4) is 55.3 Å². The predicted octanol–water partition coefficient (Wildman–Crippen LogP) is 9.56. The third-order valence-corrected chi connectivity index (χ3v) is 15.1. The highest BCUT2D eigenvalue weighted by atomic mass is 32.1. The van der Waals surface area contributed by atoms with Crippen molar-refractivity contribution in [3.63, 3.8) is 0 Å². The molecule has 0 bridgehead atoms. The lowest BCUT2D eigenvalue weighted by molar-refractivity contribution is 0.436. The van der Waals surface area contributed by atoms with Crippen LogP contribution >= 0.6 is 22.7 Å². The number of hydrogen-bond donors (Lipinski definition) is 0. The molecule has 5 heterocycles. The van der Waals surface area contributed by atoms with E-state index in [0.717, 1.165) is 44.9 Å². The molecule has 224 valence electrons. The minimum absolute atomic E-state index is 0.493. The second-order valence-corrected chi connectivity index (χ2v) is 19.0. The fraction of sp³-hybridized carbons (Fsp3) is 0.0500. The summed E-state index contributed by atoms with van der Waals surface area (Å²) in [5.74, 6) is 1.70. The van der Waals surface area contributed by atoms with Gasteiger partial charge in [-0.2, -0.15) is 11.3 Å². The molecule has 0 fully saturated rings. The van der Waals surface area contributed by atoms with E-state index in [1.807, 2.05) is 24.3 Å². The maximum atomic E-state index is 6.49. The van der Waals surface area contributed by atoms with Crippen LogP contribution in [-0.4, -0.2) is 15.2 Å². The van der Waals surface area contributed by atoms with Gasteiger partial charge in [0.05, 0.1) is 0 Å². The minimum atomic E-state index is -2.13. The summed E-state index contributed by atoms with van der Waals surface area (Å²) in [6.45, 7) is 5.03. The molecular weight excluding hydrogens is 629 g/mol. The first-order chi connectivity index (χ1) is 23.0. The molecule has 0 amide bonds. The zero-order valence-electron chi connectivity index (χ0n) is 25.9. The van der Waals surface area contributed by atoms with Crippen LogP contribution in [0.1, 0.15) is 0 Å². The molecule has 5 aromatic carbocycles. The standard InChI is InChI=1S/C40H28BNO2S2Si/c1-47(2)38-20-25(27-17-19-45-24-27)13-15-33(38)42(34-16-14-26(21-39(34)47)37-12-7-18-46-37)28-22-31-29-8-3-5-10-35(29)43-41-40(31)32(23-28)30-9-4-6-11-36(30)44-41/h3-24H,1-2H3. The summed E-state index contributed by atoms with van der Waals surface area (Å²) in [6.07, 6.45) is 0. The first-order valence-corrected chi connectivity index (χ1v) is 20.7. The monoisotopic (exact) mass is 657 g/mol. The number of thiophene rings is 2. The topological polar surface area (TPSA) is 21.7 Å². The van der Waals surface area contributed by atoms with Crippen LogP contribution < -0.4 is 30.0 Å². The van der Waals surface area contributed by atoms with E-state index in [4.69, 9.17) is 9.31 Å². The van der Waals surface area contributed by atoms with E-state index in [9.17, 15) is 0 Å². The van der Waals surface area contributed by atoms with E-state index in [1.165, 1.54) is 43.3 Å². The van der Waals surface area contributed by atoms with Crippen molar-refractivity contribution < 1.29 is 9.31 Å². The molecule has 0 unspecified atom stereocenters. The highest BCUT2D eigenvalue weighted by Crippen LogP contribution is 2.47. The lowest BCUT2D eigenvalue weighted by Crippen LogP contribution is -2.58. The van der Waals surface area contributed by atoms with E-state index in [1.54, 1.807) is 22.7 Å². The number of hydrogen-bond acceptors (Lipinski definition) is 5. The molecule has 3 aliphatic rings. The Bertz CT molecular complexity index is 2210. The largest absolute Gasteiger partial charge is 0.633 e. The number of nitrogens with zero attached hydrogens (tertiary/aromatic N) is 1. The molecule has 3 nitrogen and oxygen atoms in total. The fourth-order valence-electron chi connectivity index (χ4n) is 7.64. The average Bonchev–Trinajstić information content (AvgIpc) is 3.84. The third-order valence-electron chi connectivity index (χ3n) is 9.96. The smallest absolute Gasteiger partial charge is 0.521 e. The van der Waals surface area contributed by atoms with Crippen LogP contribution in [0.25, 0.3) is 43.8 Å². The maximum Gasteiger partial charge on any atom is 0.633 e. The summed E-state index contributed by atoms with van der Waals surface area (Å²) in [4.78, 5) is 3.82. The number of rotatable bonds is 3. The molecule has 0 radical (unpaired) electrons. The van der Waals surface area contributed by atoms with Gasteiger partial charge in [-0.25, -0.2) is 0 Å². The molecule has 0 saturated heterocycles. The summed E-state index contributed by atoms with van der Waals surface area (Å²) in [7, 11) is -2.63. The lowest BCUT2D eigenvalue weighted by Gasteiger charge is -2.42. The molecule has 10 rings (SSSR count). The Hall–Kier alpha value is -4.82. The van der Waals surface area contributed by atoms with Gasteiger partial charge in [0.1, 0.15) is 19.6 Å². The van der Waals surface area contributed by atoms with Gasteiger partial charge in [-0.3, -0.25) is 0 Å². The van der Waals surface area contributed by atoms with Crippen molar-refractivity contribution in [3.05, 3.63) is 131 Å². The number of fused-ring (bicyclic) bond motifs is 6. The van der Waals surface area contributed by atoms with Gasteiger partial charge >= 0.3 is 7.12 Å². The summed E-state index contributed by atoms with van der Waals surface area (Å²) in [6, 6.07) is 42.3. The first kappa shape index (κ1) is 27.3. The number of anilines is 3. The molecule has 47 heavy (non-hydrogen) atoms. The van der Waals surface area contributed by atoms with Crippen LogP contribution in [0.15, 0.2) is 131 Å². The second kappa shape index (κ2) is 10.1. The Kier molecular flexibility index (Phi) is 5.86. The SMILES string of the molecule is C[Si]1(C)c2cc(-c3ccsc3)ccc2N(c2cc3c4c(c2)-c2ccccc2OB4Oc2ccccc2-3)c2ccc(-c3cccs3)cc21. The summed E-state index contributed by atoms with van der Waals surface area (Å²) in [5.41, 5.74) is 13.1. The maximum absolute atomic E-state index is 6.49. The van der Waals surface area contributed by atoms with Crippen molar-refractivity contribution in [2.24, 2.45) is 0 Å².